The molecule has 1 amide bonds. The number of carboxylic acids is 1. The first kappa shape index (κ1) is 27.0. The van der Waals surface area contributed by atoms with Crippen LogP contribution in [0.3, 0.4) is 0 Å². The van der Waals surface area contributed by atoms with Crippen LogP contribution in [0.2, 0.25) is 0 Å². The molecule has 0 atom stereocenters. The largest absolute Gasteiger partial charge is 0.490 e. The molecule has 3 aromatic rings. The molecule has 34 heavy (non-hydrogen) atoms. The monoisotopic (exact) mass is 524 g/mol. The van der Waals surface area contributed by atoms with Gasteiger partial charge >= 0.3 is 18.3 Å². The number of alkyl halides is 6. The molecule has 14 heteroatoms. The Bertz CT molecular complexity index is 1160. The lowest BCUT2D eigenvalue weighted by atomic mass is 10.2. The number of hydrogen-bond donors (Lipinski definition) is 1. The smallest absolute Gasteiger partial charge is 0.475 e. The Balaban J connectivity index is 0.000000509. The standard InChI is InChI=1S/C18H13F3N2O2S2.C2HF3O2/c1-23(9-12-10-26-16(22-12)11-5-3-2-4-6-11)17(25)14-8-7-13(27-14)15(24)18(19,20)21;3-2(4,5)1(6)7/h2-8,10H,9H2,1H3;(H,6,7). The summed E-state index contributed by atoms with van der Waals surface area (Å²) in [7, 11) is 1.54. The van der Waals surface area contributed by atoms with E-state index in [0.717, 1.165) is 16.6 Å². The first-order valence-electron chi connectivity index (χ1n) is 8.97. The van der Waals surface area contributed by atoms with E-state index in [1.807, 2.05) is 35.7 Å². The van der Waals surface area contributed by atoms with Crippen LogP contribution in [-0.2, 0) is 11.3 Å². The van der Waals surface area contributed by atoms with E-state index in [-0.39, 0.29) is 11.4 Å². The molecule has 3 rings (SSSR count). The highest BCUT2D eigenvalue weighted by molar-refractivity contribution is 7.16. The van der Waals surface area contributed by atoms with Crippen LogP contribution in [0.4, 0.5) is 26.3 Å². The van der Waals surface area contributed by atoms with Crippen molar-refractivity contribution < 1.29 is 45.8 Å². The zero-order valence-electron chi connectivity index (χ0n) is 17.0. The number of hydrogen-bond acceptors (Lipinski definition) is 6. The van der Waals surface area contributed by atoms with Gasteiger partial charge in [0.2, 0.25) is 0 Å². The molecule has 0 saturated heterocycles. The van der Waals surface area contributed by atoms with Crippen molar-refractivity contribution in [1.82, 2.24) is 9.88 Å². The third-order valence-electron chi connectivity index (χ3n) is 3.86. The number of carbonyl (C=O) groups is 3. The lowest BCUT2D eigenvalue weighted by Crippen LogP contribution is -2.25. The first-order valence-corrected chi connectivity index (χ1v) is 10.7. The molecule has 182 valence electrons. The molecule has 6 nitrogen and oxygen atoms in total. The minimum Gasteiger partial charge on any atom is -0.475 e. The Kier molecular flexibility index (Phi) is 8.56. The second kappa shape index (κ2) is 10.8. The predicted molar refractivity (Wildman–Crippen MR) is 112 cm³/mol. The number of rotatable bonds is 5. The van der Waals surface area contributed by atoms with Gasteiger partial charge in [-0.2, -0.15) is 26.3 Å². The number of benzene rings is 1. The number of aliphatic carboxylic acids is 1. The fourth-order valence-electron chi connectivity index (χ4n) is 2.31. The number of aromatic nitrogens is 1. The molecule has 0 aliphatic heterocycles. The lowest BCUT2D eigenvalue weighted by molar-refractivity contribution is -0.192. The van der Waals surface area contributed by atoms with Gasteiger partial charge in [-0.1, -0.05) is 30.3 Å². The summed E-state index contributed by atoms with van der Waals surface area (Å²) in [4.78, 5) is 38.0. The van der Waals surface area contributed by atoms with Crippen LogP contribution in [0, 0.1) is 0 Å². The number of thiophene rings is 1. The molecule has 2 heterocycles. The zero-order valence-corrected chi connectivity index (χ0v) is 18.6. The van der Waals surface area contributed by atoms with E-state index < -0.39 is 34.9 Å². The summed E-state index contributed by atoms with van der Waals surface area (Å²) in [5.41, 5.74) is 1.65. The third kappa shape index (κ3) is 7.38. The van der Waals surface area contributed by atoms with Crippen molar-refractivity contribution in [2.45, 2.75) is 18.9 Å². The molecular weight excluding hydrogens is 510 g/mol. The Morgan fingerprint density at radius 3 is 2.03 bits per heavy atom. The Morgan fingerprint density at radius 1 is 0.941 bits per heavy atom. The van der Waals surface area contributed by atoms with Gasteiger partial charge in [0.05, 0.1) is 22.0 Å². The summed E-state index contributed by atoms with van der Waals surface area (Å²) in [6.45, 7) is 0.211. The lowest BCUT2D eigenvalue weighted by Gasteiger charge is -2.14. The van der Waals surface area contributed by atoms with Gasteiger partial charge in [-0.25, -0.2) is 9.78 Å². The number of carbonyl (C=O) groups excluding carboxylic acids is 2. The van der Waals surface area contributed by atoms with Crippen LogP contribution >= 0.6 is 22.7 Å². The Morgan fingerprint density at radius 2 is 1.50 bits per heavy atom. The number of amides is 1. The van der Waals surface area contributed by atoms with Gasteiger partial charge in [0.1, 0.15) is 5.01 Å². The van der Waals surface area contributed by atoms with Crippen molar-refractivity contribution in [3.8, 4) is 10.6 Å². The number of Topliss-reactive ketones (excluding diaryl/α,β-unsaturated/α-hetero) is 1. The third-order valence-corrected chi connectivity index (χ3v) is 5.87. The van der Waals surface area contributed by atoms with Crippen molar-refractivity contribution in [3.05, 3.63) is 63.3 Å². The first-order chi connectivity index (χ1) is 15.7. The minimum absolute atomic E-state index is 0.0728. The fourth-order valence-corrected chi connectivity index (χ4v) is 4.09. The predicted octanol–water partition coefficient (Wildman–Crippen LogP) is 5.52. The number of thiazole rings is 1. The Hall–Kier alpha value is -3.26. The van der Waals surface area contributed by atoms with E-state index >= 15 is 0 Å². The number of ketones is 1. The Labute approximate surface area is 196 Å². The summed E-state index contributed by atoms with van der Waals surface area (Å²) in [5, 5.41) is 9.78. The zero-order chi connectivity index (χ0) is 25.7. The minimum atomic E-state index is -5.08. The molecule has 0 aliphatic carbocycles. The molecular formula is C20H14F6N2O4S2. The average Bonchev–Trinajstić information content (AvgIpc) is 3.42. The fraction of sp³-hybridized carbons (Fsp3) is 0.200. The number of nitrogens with zero attached hydrogens (tertiary/aromatic N) is 2. The maximum atomic E-state index is 12.5. The van der Waals surface area contributed by atoms with Gasteiger partial charge in [-0.3, -0.25) is 9.59 Å². The topological polar surface area (TPSA) is 87.6 Å². The van der Waals surface area contributed by atoms with E-state index in [1.54, 1.807) is 0 Å². The summed E-state index contributed by atoms with van der Waals surface area (Å²) < 4.78 is 69.2. The highest BCUT2D eigenvalue weighted by atomic mass is 32.1. The highest BCUT2D eigenvalue weighted by Gasteiger charge is 2.40. The van der Waals surface area contributed by atoms with Crippen LogP contribution in [0.15, 0.2) is 47.8 Å². The van der Waals surface area contributed by atoms with E-state index in [0.29, 0.717) is 17.0 Å². The van der Waals surface area contributed by atoms with Crippen molar-refractivity contribution in [2.75, 3.05) is 7.05 Å². The maximum absolute atomic E-state index is 12.5. The summed E-state index contributed by atoms with van der Waals surface area (Å²) in [6, 6.07) is 11.8. The summed E-state index contributed by atoms with van der Waals surface area (Å²) in [6.07, 6.45) is -10.0. The molecule has 0 unspecified atom stereocenters. The molecule has 0 radical (unpaired) electrons. The second-order valence-corrected chi connectivity index (χ2v) is 8.41. The van der Waals surface area contributed by atoms with Gasteiger partial charge < -0.3 is 10.0 Å². The number of carboxylic acid groups (broad SMARTS) is 1. The molecule has 0 fully saturated rings. The summed E-state index contributed by atoms with van der Waals surface area (Å²) >= 11 is 1.99. The maximum Gasteiger partial charge on any atom is 0.490 e. The van der Waals surface area contributed by atoms with E-state index in [4.69, 9.17) is 9.90 Å². The van der Waals surface area contributed by atoms with Crippen molar-refractivity contribution in [1.29, 1.82) is 0 Å². The molecule has 0 spiro atoms. The van der Waals surface area contributed by atoms with Crippen LogP contribution in [0.5, 0.6) is 0 Å². The van der Waals surface area contributed by atoms with Gasteiger partial charge in [0.25, 0.3) is 11.7 Å². The number of halogens is 6. The van der Waals surface area contributed by atoms with E-state index in [9.17, 15) is 35.9 Å². The van der Waals surface area contributed by atoms with Crippen LogP contribution in [0.1, 0.15) is 25.0 Å². The highest BCUT2D eigenvalue weighted by Crippen LogP contribution is 2.28. The van der Waals surface area contributed by atoms with Gasteiger partial charge in [0, 0.05) is 18.0 Å². The SMILES string of the molecule is CN(Cc1csc(-c2ccccc2)n1)C(=O)c1ccc(C(=O)C(F)(F)F)s1.O=C(O)C(F)(F)F. The summed E-state index contributed by atoms with van der Waals surface area (Å²) in [5.74, 6) is -5.16. The van der Waals surface area contributed by atoms with Crippen LogP contribution in [-0.4, -0.2) is 52.1 Å². The van der Waals surface area contributed by atoms with Gasteiger partial charge in [-0.05, 0) is 12.1 Å². The molecule has 0 bridgehead atoms. The normalized spacial score (nSPS) is 11.4. The average molecular weight is 524 g/mol. The molecule has 0 saturated carbocycles. The van der Waals surface area contributed by atoms with Crippen LogP contribution < -0.4 is 0 Å². The molecule has 1 aromatic carbocycles. The quantitative estimate of drug-likeness (QED) is 0.351. The van der Waals surface area contributed by atoms with Crippen molar-refractivity contribution in [3.63, 3.8) is 0 Å². The van der Waals surface area contributed by atoms with Crippen molar-refractivity contribution in [2.24, 2.45) is 0 Å². The van der Waals surface area contributed by atoms with Gasteiger partial charge in [-0.15, -0.1) is 22.7 Å². The van der Waals surface area contributed by atoms with Gasteiger partial charge in [0.15, 0.2) is 0 Å². The van der Waals surface area contributed by atoms with Crippen molar-refractivity contribution >= 4 is 40.3 Å². The van der Waals surface area contributed by atoms with E-state index in [1.165, 1.54) is 29.4 Å². The molecule has 1 N–H and O–H groups in total. The van der Waals surface area contributed by atoms with Crippen LogP contribution in [0.25, 0.3) is 10.6 Å². The second-order valence-electron chi connectivity index (χ2n) is 6.46. The molecule has 2 aromatic heterocycles. The molecule has 0 aliphatic rings. The van der Waals surface area contributed by atoms with E-state index in [2.05, 4.69) is 4.98 Å².